The minimum absolute atomic E-state index is 0.131. The molecule has 0 amide bonds. The topological polar surface area (TPSA) is 43.8 Å². The molecule has 2 N–H and O–H groups in total. The first kappa shape index (κ1) is 11.6. The molecule has 3 nitrogen and oxygen atoms in total. The van der Waals surface area contributed by atoms with Gasteiger partial charge in [0.15, 0.2) is 0 Å². The van der Waals surface area contributed by atoms with Gasteiger partial charge in [0.05, 0.1) is 11.7 Å². The largest absolute Gasteiger partial charge is 0.322 e. The summed E-state index contributed by atoms with van der Waals surface area (Å²) in [4.78, 5) is 0. The zero-order chi connectivity index (χ0) is 11.5. The second-order valence-electron chi connectivity index (χ2n) is 5.06. The Morgan fingerprint density at radius 3 is 2.88 bits per heavy atom. The van der Waals surface area contributed by atoms with Crippen LogP contribution in [-0.2, 0) is 7.05 Å². The lowest BCUT2D eigenvalue weighted by Crippen LogP contribution is -2.30. The van der Waals surface area contributed by atoms with Crippen molar-refractivity contribution < 1.29 is 0 Å². The fourth-order valence-electron chi connectivity index (χ4n) is 3.05. The fraction of sp³-hybridized carbons (Fsp3) is 0.769. The summed E-state index contributed by atoms with van der Waals surface area (Å²) in [7, 11) is 1.95. The number of rotatable bonds is 3. The molecule has 0 aliphatic heterocycles. The molecule has 3 unspecified atom stereocenters. The van der Waals surface area contributed by atoms with E-state index in [-0.39, 0.29) is 6.04 Å². The summed E-state index contributed by atoms with van der Waals surface area (Å²) in [6.07, 6.45) is 8.58. The van der Waals surface area contributed by atoms with Crippen LogP contribution in [0.15, 0.2) is 12.3 Å². The van der Waals surface area contributed by atoms with E-state index >= 15 is 0 Å². The van der Waals surface area contributed by atoms with Crippen LogP contribution in [0.25, 0.3) is 0 Å². The van der Waals surface area contributed by atoms with Gasteiger partial charge in [0, 0.05) is 13.2 Å². The Morgan fingerprint density at radius 1 is 1.50 bits per heavy atom. The fourth-order valence-corrected chi connectivity index (χ4v) is 3.05. The molecule has 0 bridgehead atoms. The average molecular weight is 221 g/mol. The van der Waals surface area contributed by atoms with E-state index in [1.165, 1.54) is 32.1 Å². The molecule has 2 rings (SSSR count). The van der Waals surface area contributed by atoms with E-state index in [0.29, 0.717) is 5.92 Å². The summed E-state index contributed by atoms with van der Waals surface area (Å²) in [6, 6.07) is 2.19. The molecule has 0 saturated heterocycles. The molecule has 1 saturated carbocycles. The minimum atomic E-state index is 0.131. The summed E-state index contributed by atoms with van der Waals surface area (Å²) in [5.74, 6) is 1.43. The Hall–Kier alpha value is -0.830. The van der Waals surface area contributed by atoms with Crippen LogP contribution in [0, 0.1) is 11.8 Å². The van der Waals surface area contributed by atoms with Gasteiger partial charge in [0.2, 0.25) is 0 Å². The van der Waals surface area contributed by atoms with Crippen LogP contribution in [0.2, 0.25) is 0 Å². The third kappa shape index (κ3) is 2.29. The highest BCUT2D eigenvalue weighted by Crippen LogP contribution is 2.38. The van der Waals surface area contributed by atoms with Gasteiger partial charge in [-0.3, -0.25) is 4.68 Å². The number of aryl methyl sites for hydroxylation is 1. The van der Waals surface area contributed by atoms with Crippen LogP contribution in [0.3, 0.4) is 0 Å². The zero-order valence-corrected chi connectivity index (χ0v) is 10.4. The van der Waals surface area contributed by atoms with Crippen LogP contribution in [0.4, 0.5) is 0 Å². The van der Waals surface area contributed by atoms with Gasteiger partial charge in [-0.05, 0) is 24.3 Å². The van der Waals surface area contributed by atoms with E-state index in [2.05, 4.69) is 18.1 Å². The molecule has 1 aromatic rings. The predicted molar refractivity (Wildman–Crippen MR) is 65.9 cm³/mol. The summed E-state index contributed by atoms with van der Waals surface area (Å²) >= 11 is 0. The zero-order valence-electron chi connectivity index (χ0n) is 10.4. The first-order chi connectivity index (χ1) is 7.72. The maximum absolute atomic E-state index is 6.37. The number of nitrogens with zero attached hydrogens (tertiary/aromatic N) is 2. The number of aromatic nitrogens is 2. The Bertz CT molecular complexity index is 332. The molecule has 0 spiro atoms. The lowest BCUT2D eigenvalue weighted by atomic mass is 9.73. The SMILES string of the molecule is CCC1CCCCC1C(N)c1ccn(C)n1. The monoisotopic (exact) mass is 221 g/mol. The van der Waals surface area contributed by atoms with E-state index < -0.39 is 0 Å². The van der Waals surface area contributed by atoms with E-state index in [1.807, 2.05) is 17.9 Å². The Morgan fingerprint density at radius 2 is 2.25 bits per heavy atom. The van der Waals surface area contributed by atoms with Crippen LogP contribution < -0.4 is 5.73 Å². The van der Waals surface area contributed by atoms with Crippen molar-refractivity contribution in [3.63, 3.8) is 0 Å². The standard InChI is InChI=1S/C13H23N3/c1-3-10-6-4-5-7-11(10)13(14)12-8-9-16(2)15-12/h8-11,13H,3-7,14H2,1-2H3. The highest BCUT2D eigenvalue weighted by atomic mass is 15.3. The lowest BCUT2D eigenvalue weighted by Gasteiger charge is -2.34. The minimum Gasteiger partial charge on any atom is -0.322 e. The molecule has 1 fully saturated rings. The molecule has 1 heterocycles. The third-order valence-corrected chi connectivity index (χ3v) is 4.03. The van der Waals surface area contributed by atoms with Gasteiger partial charge in [-0.25, -0.2) is 0 Å². The van der Waals surface area contributed by atoms with Gasteiger partial charge in [-0.1, -0.05) is 32.6 Å². The van der Waals surface area contributed by atoms with Crippen molar-refractivity contribution >= 4 is 0 Å². The van der Waals surface area contributed by atoms with Gasteiger partial charge in [-0.2, -0.15) is 5.10 Å². The van der Waals surface area contributed by atoms with Gasteiger partial charge in [0.1, 0.15) is 0 Å². The molecule has 1 aliphatic rings. The first-order valence-corrected chi connectivity index (χ1v) is 6.47. The molecular formula is C13H23N3. The second-order valence-corrected chi connectivity index (χ2v) is 5.06. The molecule has 16 heavy (non-hydrogen) atoms. The molecule has 0 aromatic carbocycles. The maximum atomic E-state index is 6.37. The Kier molecular flexibility index (Phi) is 3.64. The molecule has 3 atom stereocenters. The van der Waals surface area contributed by atoms with Gasteiger partial charge in [0.25, 0.3) is 0 Å². The van der Waals surface area contributed by atoms with Crippen LogP contribution in [0.1, 0.15) is 50.8 Å². The van der Waals surface area contributed by atoms with Crippen molar-refractivity contribution in [1.82, 2.24) is 9.78 Å². The first-order valence-electron chi connectivity index (χ1n) is 6.47. The van der Waals surface area contributed by atoms with Crippen molar-refractivity contribution in [1.29, 1.82) is 0 Å². The van der Waals surface area contributed by atoms with Gasteiger partial charge >= 0.3 is 0 Å². The van der Waals surface area contributed by atoms with Crippen molar-refractivity contribution in [3.8, 4) is 0 Å². The highest BCUT2D eigenvalue weighted by molar-refractivity contribution is 5.07. The number of hydrogen-bond donors (Lipinski definition) is 1. The van der Waals surface area contributed by atoms with E-state index in [4.69, 9.17) is 5.73 Å². The van der Waals surface area contributed by atoms with E-state index in [1.54, 1.807) is 0 Å². The summed E-state index contributed by atoms with van der Waals surface area (Å²) < 4.78 is 1.85. The smallest absolute Gasteiger partial charge is 0.0794 e. The van der Waals surface area contributed by atoms with Crippen molar-refractivity contribution in [2.24, 2.45) is 24.6 Å². The predicted octanol–water partition coefficient (Wildman–Crippen LogP) is 2.64. The van der Waals surface area contributed by atoms with Crippen LogP contribution >= 0.6 is 0 Å². The Labute approximate surface area is 98.0 Å². The van der Waals surface area contributed by atoms with E-state index in [0.717, 1.165) is 11.6 Å². The lowest BCUT2D eigenvalue weighted by molar-refractivity contribution is 0.194. The van der Waals surface area contributed by atoms with E-state index in [9.17, 15) is 0 Å². The second kappa shape index (κ2) is 5.00. The van der Waals surface area contributed by atoms with Crippen LogP contribution in [-0.4, -0.2) is 9.78 Å². The quantitative estimate of drug-likeness (QED) is 0.852. The number of hydrogen-bond acceptors (Lipinski definition) is 2. The third-order valence-electron chi connectivity index (χ3n) is 4.03. The Balaban J connectivity index is 2.10. The van der Waals surface area contributed by atoms with Gasteiger partial charge < -0.3 is 5.73 Å². The molecule has 3 heteroatoms. The molecule has 90 valence electrons. The number of nitrogens with two attached hydrogens (primary N) is 1. The highest BCUT2D eigenvalue weighted by Gasteiger charge is 2.30. The van der Waals surface area contributed by atoms with Crippen molar-refractivity contribution in [3.05, 3.63) is 18.0 Å². The summed E-state index contributed by atoms with van der Waals surface area (Å²) in [5, 5.41) is 4.45. The molecule has 1 aromatic heterocycles. The average Bonchev–Trinajstić information content (AvgIpc) is 2.75. The van der Waals surface area contributed by atoms with Crippen LogP contribution in [0.5, 0.6) is 0 Å². The maximum Gasteiger partial charge on any atom is 0.0794 e. The summed E-state index contributed by atoms with van der Waals surface area (Å²) in [5.41, 5.74) is 7.44. The van der Waals surface area contributed by atoms with Crippen molar-refractivity contribution in [2.45, 2.75) is 45.1 Å². The summed E-state index contributed by atoms with van der Waals surface area (Å²) in [6.45, 7) is 2.29. The normalized spacial score (nSPS) is 27.9. The van der Waals surface area contributed by atoms with Gasteiger partial charge in [-0.15, -0.1) is 0 Å². The van der Waals surface area contributed by atoms with Crippen molar-refractivity contribution in [2.75, 3.05) is 0 Å². The molecular weight excluding hydrogens is 198 g/mol. The molecule has 1 aliphatic carbocycles. The molecule has 0 radical (unpaired) electrons.